The van der Waals surface area contributed by atoms with Crippen LogP contribution in [0.5, 0.6) is 11.5 Å². The van der Waals surface area contributed by atoms with Crippen LogP contribution in [0.15, 0.2) is 55.1 Å². The van der Waals surface area contributed by atoms with Crippen LogP contribution in [-0.4, -0.2) is 12.7 Å². The Bertz CT molecular complexity index is 638. The van der Waals surface area contributed by atoms with Crippen molar-refractivity contribution in [2.75, 3.05) is 0 Å². The van der Waals surface area contributed by atoms with Gasteiger partial charge in [-0.2, -0.15) is 0 Å². The van der Waals surface area contributed by atoms with Crippen LogP contribution in [-0.2, 0) is 0 Å². The summed E-state index contributed by atoms with van der Waals surface area (Å²) in [7, 11) is 0. The van der Waals surface area contributed by atoms with E-state index in [-0.39, 0.29) is 11.5 Å². The summed E-state index contributed by atoms with van der Waals surface area (Å²) in [6, 6.07) is 9.94. The third kappa shape index (κ3) is 5.22. The van der Waals surface area contributed by atoms with Gasteiger partial charge in [-0.3, -0.25) is 0 Å². The van der Waals surface area contributed by atoms with Crippen molar-refractivity contribution in [2.45, 2.75) is 12.7 Å². The predicted octanol–water partition coefficient (Wildman–Crippen LogP) is 5.55. The molecule has 0 spiro atoms. The largest absolute Gasteiger partial charge is 0.573 e. The van der Waals surface area contributed by atoms with Crippen LogP contribution in [0.3, 0.4) is 0 Å². The molecule has 0 atom stereocenters. The van der Waals surface area contributed by atoms with Gasteiger partial charge in [0.25, 0.3) is 0 Å². The van der Waals surface area contributed by atoms with Gasteiger partial charge < -0.3 is 9.47 Å². The molecule has 24 heavy (non-hydrogen) atoms. The molecule has 0 saturated carbocycles. The van der Waals surface area contributed by atoms with Crippen LogP contribution in [0.1, 0.15) is 11.1 Å². The molecule has 0 radical (unpaired) electrons. The van der Waals surface area contributed by atoms with E-state index in [1.807, 2.05) is 0 Å². The molecule has 0 fully saturated rings. The first-order valence-corrected chi connectivity index (χ1v) is 6.45. The molecule has 0 aliphatic rings. The number of ether oxygens (including phenoxy) is 2. The fourth-order valence-corrected chi connectivity index (χ4v) is 1.88. The zero-order chi connectivity index (χ0) is 18.0. The zero-order valence-corrected chi connectivity index (χ0v) is 11.9. The van der Waals surface area contributed by atoms with E-state index < -0.39 is 12.7 Å². The maximum absolute atomic E-state index is 12.1. The average molecular weight is 348 g/mol. The van der Waals surface area contributed by atoms with Gasteiger partial charge in [0.2, 0.25) is 0 Å². The van der Waals surface area contributed by atoms with Crippen LogP contribution in [0, 0.1) is 0 Å². The number of rotatable bonds is 4. The highest BCUT2D eigenvalue weighted by molar-refractivity contribution is 5.78. The fourth-order valence-electron chi connectivity index (χ4n) is 1.88. The maximum atomic E-state index is 12.1. The van der Waals surface area contributed by atoms with E-state index in [0.29, 0.717) is 16.7 Å². The molecule has 2 aromatic rings. The summed E-state index contributed by atoms with van der Waals surface area (Å²) in [5, 5.41) is 0. The Morgan fingerprint density at radius 2 is 0.917 bits per heavy atom. The number of halogens is 6. The summed E-state index contributed by atoms with van der Waals surface area (Å²) in [5.74, 6) is -0.763. The van der Waals surface area contributed by atoms with Crippen molar-refractivity contribution in [1.82, 2.24) is 0 Å². The minimum atomic E-state index is -4.78. The van der Waals surface area contributed by atoms with Gasteiger partial charge in [-0.1, -0.05) is 30.8 Å². The highest BCUT2D eigenvalue weighted by atomic mass is 19.4. The molecule has 0 aliphatic heterocycles. The zero-order valence-electron chi connectivity index (χ0n) is 11.9. The second-order valence-electron chi connectivity index (χ2n) is 4.62. The van der Waals surface area contributed by atoms with Crippen molar-refractivity contribution in [2.24, 2.45) is 0 Å². The first-order valence-electron chi connectivity index (χ1n) is 6.45. The molecular formula is C16H10F6O2. The second-order valence-corrected chi connectivity index (χ2v) is 4.62. The third-order valence-corrected chi connectivity index (χ3v) is 2.87. The quantitative estimate of drug-likeness (QED) is 0.675. The van der Waals surface area contributed by atoms with E-state index in [0.717, 1.165) is 24.3 Å². The van der Waals surface area contributed by atoms with Gasteiger partial charge in [0.1, 0.15) is 11.5 Å². The Balaban J connectivity index is 2.11. The Morgan fingerprint density at radius 1 is 0.625 bits per heavy atom. The number of hydrogen-bond donors (Lipinski definition) is 0. The minimum Gasteiger partial charge on any atom is -0.406 e. The van der Waals surface area contributed by atoms with Gasteiger partial charge in [0.15, 0.2) is 0 Å². The van der Waals surface area contributed by atoms with Gasteiger partial charge in [0.05, 0.1) is 0 Å². The second kappa shape index (κ2) is 6.46. The SMILES string of the molecule is C=C(c1ccc(OC(F)(F)F)cc1)c1ccc(OC(F)(F)F)cc1. The smallest absolute Gasteiger partial charge is 0.406 e. The predicted molar refractivity (Wildman–Crippen MR) is 74.4 cm³/mol. The van der Waals surface area contributed by atoms with E-state index in [9.17, 15) is 26.3 Å². The molecule has 8 heteroatoms. The Kier molecular flexibility index (Phi) is 4.77. The molecule has 0 heterocycles. The molecule has 0 saturated heterocycles. The summed E-state index contributed by atoms with van der Waals surface area (Å²) >= 11 is 0. The van der Waals surface area contributed by atoms with Crippen molar-refractivity contribution in [3.05, 3.63) is 66.2 Å². The monoisotopic (exact) mass is 348 g/mol. The topological polar surface area (TPSA) is 18.5 Å². The molecule has 0 N–H and O–H groups in total. The maximum Gasteiger partial charge on any atom is 0.573 e. The van der Waals surface area contributed by atoms with E-state index in [2.05, 4.69) is 16.1 Å². The normalized spacial score (nSPS) is 11.9. The van der Waals surface area contributed by atoms with Crippen molar-refractivity contribution in [1.29, 1.82) is 0 Å². The molecule has 0 aliphatic carbocycles. The lowest BCUT2D eigenvalue weighted by Crippen LogP contribution is -2.17. The molecule has 2 rings (SSSR count). The Morgan fingerprint density at radius 3 is 1.17 bits per heavy atom. The van der Waals surface area contributed by atoms with E-state index >= 15 is 0 Å². The summed E-state index contributed by atoms with van der Waals surface area (Å²) < 4.78 is 80.0. The standard InChI is InChI=1S/C16H10F6O2/c1-10(11-2-6-13(7-3-11)23-15(17,18)19)12-4-8-14(9-5-12)24-16(20,21)22/h2-9H,1H2. The molecule has 0 amide bonds. The van der Waals surface area contributed by atoms with Crippen LogP contribution in [0.2, 0.25) is 0 Å². The van der Waals surface area contributed by atoms with Gasteiger partial charge in [0, 0.05) is 0 Å². The third-order valence-electron chi connectivity index (χ3n) is 2.87. The first kappa shape index (κ1) is 17.7. The van der Waals surface area contributed by atoms with Gasteiger partial charge >= 0.3 is 12.7 Å². The molecule has 0 bridgehead atoms. The molecule has 0 aromatic heterocycles. The molecule has 128 valence electrons. The van der Waals surface area contributed by atoms with Crippen molar-refractivity contribution < 1.29 is 35.8 Å². The Hall–Kier alpha value is -2.64. The van der Waals surface area contributed by atoms with Crippen LogP contribution < -0.4 is 9.47 Å². The van der Waals surface area contributed by atoms with E-state index in [1.54, 1.807) is 0 Å². The molecule has 2 aromatic carbocycles. The van der Waals surface area contributed by atoms with Crippen LogP contribution in [0.4, 0.5) is 26.3 Å². The van der Waals surface area contributed by atoms with Gasteiger partial charge in [-0.25, -0.2) is 0 Å². The lowest BCUT2D eigenvalue weighted by molar-refractivity contribution is -0.275. The number of hydrogen-bond acceptors (Lipinski definition) is 2. The first-order chi connectivity index (χ1) is 11.0. The lowest BCUT2D eigenvalue weighted by Gasteiger charge is -2.12. The minimum absolute atomic E-state index is 0.382. The summed E-state index contributed by atoms with van der Waals surface area (Å²) in [4.78, 5) is 0. The highest BCUT2D eigenvalue weighted by Crippen LogP contribution is 2.29. The van der Waals surface area contributed by atoms with Crippen molar-refractivity contribution in [3.63, 3.8) is 0 Å². The van der Waals surface area contributed by atoms with Crippen molar-refractivity contribution >= 4 is 5.57 Å². The molecule has 0 unspecified atom stereocenters. The van der Waals surface area contributed by atoms with E-state index in [4.69, 9.17) is 0 Å². The lowest BCUT2D eigenvalue weighted by atomic mass is 9.99. The van der Waals surface area contributed by atoms with Crippen LogP contribution >= 0.6 is 0 Å². The number of alkyl halides is 6. The summed E-state index contributed by atoms with van der Waals surface area (Å²) in [5.41, 5.74) is 1.41. The molecular weight excluding hydrogens is 338 g/mol. The van der Waals surface area contributed by atoms with Gasteiger partial charge in [-0.15, -0.1) is 26.3 Å². The van der Waals surface area contributed by atoms with Gasteiger partial charge in [-0.05, 0) is 41.0 Å². The highest BCUT2D eigenvalue weighted by Gasteiger charge is 2.31. The van der Waals surface area contributed by atoms with E-state index in [1.165, 1.54) is 24.3 Å². The fraction of sp³-hybridized carbons (Fsp3) is 0.125. The van der Waals surface area contributed by atoms with Crippen LogP contribution in [0.25, 0.3) is 5.57 Å². The number of benzene rings is 2. The van der Waals surface area contributed by atoms with Crippen molar-refractivity contribution in [3.8, 4) is 11.5 Å². The Labute approximate surface area is 132 Å². The molecule has 2 nitrogen and oxygen atoms in total. The summed E-state index contributed by atoms with van der Waals surface area (Å²) in [6.45, 7) is 3.78. The average Bonchev–Trinajstić information content (AvgIpc) is 2.45. The summed E-state index contributed by atoms with van der Waals surface area (Å²) in [6.07, 6.45) is -9.57.